The number of aliphatic hydroxyl groups excluding tert-OH is 1. The molecule has 0 spiro atoms. The summed E-state index contributed by atoms with van der Waals surface area (Å²) < 4.78 is 16.7. The Morgan fingerprint density at radius 3 is 2.53 bits per heavy atom. The number of likely N-dealkylation sites (tertiary alicyclic amines) is 1. The van der Waals surface area contributed by atoms with Crippen molar-refractivity contribution >= 4 is 17.4 Å². The largest absolute Gasteiger partial charge is 0.507 e. The van der Waals surface area contributed by atoms with Gasteiger partial charge in [-0.1, -0.05) is 12.7 Å². The second kappa shape index (κ2) is 10.7. The van der Waals surface area contributed by atoms with Crippen LogP contribution in [-0.2, 0) is 14.3 Å². The van der Waals surface area contributed by atoms with Crippen LogP contribution in [0, 0.1) is 6.92 Å². The van der Waals surface area contributed by atoms with E-state index in [1.807, 2.05) is 0 Å². The number of amides is 1. The van der Waals surface area contributed by atoms with E-state index in [9.17, 15) is 14.7 Å². The van der Waals surface area contributed by atoms with Crippen molar-refractivity contribution in [3.8, 4) is 5.75 Å². The summed E-state index contributed by atoms with van der Waals surface area (Å²) in [7, 11) is 0. The molecule has 8 nitrogen and oxygen atoms in total. The molecule has 2 fully saturated rings. The Labute approximate surface area is 199 Å². The first-order valence-electron chi connectivity index (χ1n) is 11.5. The van der Waals surface area contributed by atoms with E-state index in [0.717, 1.165) is 19.6 Å². The predicted octanol–water partition coefficient (Wildman–Crippen LogP) is 3.30. The predicted molar refractivity (Wildman–Crippen MR) is 126 cm³/mol. The number of rotatable bonds is 9. The number of hydrogen-bond donors (Lipinski definition) is 1. The number of benzene rings is 1. The minimum absolute atomic E-state index is 0.0329. The van der Waals surface area contributed by atoms with Crippen molar-refractivity contribution in [1.82, 2.24) is 9.80 Å². The van der Waals surface area contributed by atoms with Gasteiger partial charge in [-0.15, -0.1) is 0 Å². The maximum Gasteiger partial charge on any atom is 0.295 e. The molecule has 1 aromatic heterocycles. The van der Waals surface area contributed by atoms with Gasteiger partial charge in [0.05, 0.1) is 18.8 Å². The molecule has 3 heterocycles. The molecule has 1 aromatic carbocycles. The van der Waals surface area contributed by atoms with Gasteiger partial charge < -0.3 is 23.9 Å². The number of furan rings is 1. The minimum Gasteiger partial charge on any atom is -0.507 e. The van der Waals surface area contributed by atoms with E-state index in [4.69, 9.17) is 13.9 Å². The van der Waals surface area contributed by atoms with Gasteiger partial charge in [0.25, 0.3) is 11.7 Å². The highest BCUT2D eigenvalue weighted by Crippen LogP contribution is 2.40. The number of ketones is 1. The molecule has 4 rings (SSSR count). The zero-order valence-corrected chi connectivity index (χ0v) is 19.4. The maximum absolute atomic E-state index is 13.1. The van der Waals surface area contributed by atoms with E-state index in [2.05, 4.69) is 11.5 Å². The quantitative estimate of drug-likeness (QED) is 0.262. The van der Waals surface area contributed by atoms with Crippen LogP contribution in [0.3, 0.4) is 0 Å². The Morgan fingerprint density at radius 1 is 1.15 bits per heavy atom. The van der Waals surface area contributed by atoms with Crippen LogP contribution in [0.2, 0.25) is 0 Å². The third-order valence-electron chi connectivity index (χ3n) is 6.04. The molecule has 0 aliphatic carbocycles. The van der Waals surface area contributed by atoms with Crippen molar-refractivity contribution in [1.29, 1.82) is 0 Å². The van der Waals surface area contributed by atoms with Crippen LogP contribution in [0.1, 0.15) is 29.5 Å². The monoisotopic (exact) mass is 466 g/mol. The normalized spacial score (nSPS) is 20.6. The van der Waals surface area contributed by atoms with Gasteiger partial charge in [-0.05, 0) is 49.7 Å². The van der Waals surface area contributed by atoms with Crippen LogP contribution in [0.4, 0.5) is 0 Å². The van der Waals surface area contributed by atoms with Gasteiger partial charge in [0.15, 0.2) is 0 Å². The fourth-order valence-electron chi connectivity index (χ4n) is 4.32. The SMILES string of the molecule is C=CCOc1ccc(C(O)=C2C(=O)C(=O)N(CCCN3CCOCC3)[C@H]2c2ccc(C)o2)cc1. The molecule has 0 saturated carbocycles. The number of Topliss-reactive ketones (excluding diaryl/α,β-unsaturated/α-hetero) is 1. The molecule has 34 heavy (non-hydrogen) atoms. The van der Waals surface area contributed by atoms with Crippen LogP contribution in [0.5, 0.6) is 5.75 Å². The van der Waals surface area contributed by atoms with E-state index in [1.54, 1.807) is 49.4 Å². The second-order valence-electron chi connectivity index (χ2n) is 8.37. The van der Waals surface area contributed by atoms with Crippen molar-refractivity contribution in [2.45, 2.75) is 19.4 Å². The molecule has 1 atom stereocenters. The fourth-order valence-corrected chi connectivity index (χ4v) is 4.32. The number of ether oxygens (including phenoxy) is 2. The van der Waals surface area contributed by atoms with E-state index >= 15 is 0 Å². The summed E-state index contributed by atoms with van der Waals surface area (Å²) in [5.41, 5.74) is 0.455. The molecule has 1 amide bonds. The lowest BCUT2D eigenvalue weighted by molar-refractivity contribution is -0.140. The summed E-state index contributed by atoms with van der Waals surface area (Å²) in [5.74, 6) is 0.151. The summed E-state index contributed by atoms with van der Waals surface area (Å²) in [6, 6.07) is 9.46. The topological polar surface area (TPSA) is 92.5 Å². The van der Waals surface area contributed by atoms with E-state index in [0.29, 0.717) is 55.6 Å². The zero-order chi connectivity index (χ0) is 24.1. The van der Waals surface area contributed by atoms with Crippen molar-refractivity contribution in [3.63, 3.8) is 0 Å². The second-order valence-corrected chi connectivity index (χ2v) is 8.37. The van der Waals surface area contributed by atoms with Gasteiger partial charge >= 0.3 is 0 Å². The van der Waals surface area contributed by atoms with Crippen LogP contribution < -0.4 is 4.74 Å². The van der Waals surface area contributed by atoms with Gasteiger partial charge in [-0.3, -0.25) is 14.5 Å². The van der Waals surface area contributed by atoms with Crippen molar-refractivity contribution in [2.24, 2.45) is 0 Å². The first-order chi connectivity index (χ1) is 16.5. The lowest BCUT2D eigenvalue weighted by Crippen LogP contribution is -2.38. The van der Waals surface area contributed by atoms with Gasteiger partial charge in [0.2, 0.25) is 0 Å². The number of morpholine rings is 1. The summed E-state index contributed by atoms with van der Waals surface area (Å²) in [5, 5.41) is 11.1. The molecule has 180 valence electrons. The van der Waals surface area contributed by atoms with Gasteiger partial charge in [0.1, 0.15) is 35.7 Å². The summed E-state index contributed by atoms with van der Waals surface area (Å²) >= 11 is 0. The third kappa shape index (κ3) is 5.08. The zero-order valence-electron chi connectivity index (χ0n) is 19.4. The molecular formula is C26H30N2O6. The molecule has 8 heteroatoms. The Kier molecular flexibility index (Phi) is 7.49. The van der Waals surface area contributed by atoms with Crippen LogP contribution in [0.15, 0.2) is 59.0 Å². The smallest absolute Gasteiger partial charge is 0.295 e. The lowest BCUT2D eigenvalue weighted by atomic mass is 9.99. The van der Waals surface area contributed by atoms with E-state index in [1.165, 1.54) is 4.90 Å². The van der Waals surface area contributed by atoms with Gasteiger partial charge in [-0.2, -0.15) is 0 Å². The lowest BCUT2D eigenvalue weighted by Gasteiger charge is -2.28. The molecule has 2 aliphatic heterocycles. The minimum atomic E-state index is -0.782. The van der Waals surface area contributed by atoms with Crippen molar-refractivity contribution in [3.05, 3.63) is 71.7 Å². The third-order valence-corrected chi connectivity index (χ3v) is 6.04. The van der Waals surface area contributed by atoms with E-state index < -0.39 is 17.7 Å². The number of hydrogen-bond acceptors (Lipinski definition) is 7. The number of nitrogens with zero attached hydrogens (tertiary/aromatic N) is 2. The van der Waals surface area contributed by atoms with Crippen molar-refractivity contribution in [2.75, 3.05) is 46.0 Å². The van der Waals surface area contributed by atoms with Crippen molar-refractivity contribution < 1.29 is 28.6 Å². The van der Waals surface area contributed by atoms with Crippen LogP contribution in [-0.4, -0.2) is 72.6 Å². The number of carbonyl (C=O) groups excluding carboxylic acids is 2. The number of aliphatic hydroxyl groups is 1. The molecule has 2 saturated heterocycles. The highest BCUT2D eigenvalue weighted by molar-refractivity contribution is 6.46. The van der Waals surface area contributed by atoms with Gasteiger partial charge in [-0.25, -0.2) is 0 Å². The Morgan fingerprint density at radius 2 is 1.88 bits per heavy atom. The molecule has 0 bridgehead atoms. The summed E-state index contributed by atoms with van der Waals surface area (Å²) in [4.78, 5) is 29.9. The molecule has 2 aromatic rings. The fraction of sp³-hybridized carbons (Fsp3) is 0.385. The molecular weight excluding hydrogens is 436 g/mol. The van der Waals surface area contributed by atoms with Crippen LogP contribution >= 0.6 is 0 Å². The Hall–Kier alpha value is -3.36. The highest BCUT2D eigenvalue weighted by atomic mass is 16.5. The van der Waals surface area contributed by atoms with Crippen LogP contribution in [0.25, 0.3) is 5.76 Å². The number of carbonyl (C=O) groups is 2. The highest BCUT2D eigenvalue weighted by Gasteiger charge is 2.47. The van der Waals surface area contributed by atoms with Gasteiger partial charge in [0, 0.05) is 31.7 Å². The number of aryl methyl sites for hydroxylation is 1. The maximum atomic E-state index is 13.1. The summed E-state index contributed by atoms with van der Waals surface area (Å²) in [6.45, 7) is 10.1. The Balaban J connectivity index is 1.61. The first-order valence-corrected chi connectivity index (χ1v) is 11.5. The first kappa shape index (κ1) is 23.8. The molecule has 0 radical (unpaired) electrons. The molecule has 0 unspecified atom stereocenters. The molecule has 1 N–H and O–H groups in total. The summed E-state index contributed by atoms with van der Waals surface area (Å²) in [6.07, 6.45) is 2.33. The van der Waals surface area contributed by atoms with E-state index in [-0.39, 0.29) is 11.3 Å². The average molecular weight is 467 g/mol. The standard InChI is InChI=1S/C26H30N2O6/c1-3-15-33-20-8-6-19(7-9-20)24(29)22-23(21-10-5-18(2)34-21)28(26(31)25(22)30)12-4-11-27-13-16-32-17-14-27/h3,5-10,23,29H,1,4,11-17H2,2H3/t23-/m0/s1. The Bertz CT molecular complexity index is 1070. The molecule has 2 aliphatic rings. The average Bonchev–Trinajstić information content (AvgIpc) is 3.39.